The fourth-order valence-electron chi connectivity index (χ4n) is 8.03. The average Bonchev–Trinajstić information content (AvgIpc) is 3.37. The number of ether oxygens (including phenoxy) is 2. The van der Waals surface area contributed by atoms with Crippen molar-refractivity contribution in [1.29, 1.82) is 0 Å². The van der Waals surface area contributed by atoms with Crippen LogP contribution < -0.4 is 10.5 Å². The molecule has 2 aromatic carbocycles. The number of carbonyl (C=O) groups is 1. The fourth-order valence-corrected chi connectivity index (χ4v) is 8.44. The second-order valence-corrected chi connectivity index (χ2v) is 13.7. The number of thioether (sulfide) groups is 1. The van der Waals surface area contributed by atoms with E-state index in [4.69, 9.17) is 15.2 Å². The van der Waals surface area contributed by atoms with Gasteiger partial charge in [-0.15, -0.1) is 11.8 Å². The predicted molar refractivity (Wildman–Crippen MR) is 175 cm³/mol. The number of carboxylic acids is 1. The molecule has 0 aliphatic heterocycles. The maximum atomic E-state index is 11.3. The van der Waals surface area contributed by atoms with Crippen LogP contribution in [-0.2, 0) is 22.5 Å². The van der Waals surface area contributed by atoms with Crippen molar-refractivity contribution in [1.82, 2.24) is 4.57 Å². The van der Waals surface area contributed by atoms with E-state index in [0.29, 0.717) is 25.0 Å². The zero-order valence-corrected chi connectivity index (χ0v) is 26.8. The van der Waals surface area contributed by atoms with Crippen LogP contribution in [0.2, 0.25) is 0 Å². The van der Waals surface area contributed by atoms with Crippen LogP contribution in [0.25, 0.3) is 11.3 Å². The lowest BCUT2D eigenvalue weighted by molar-refractivity contribution is -0.149. The molecule has 6 nitrogen and oxygen atoms in total. The summed E-state index contributed by atoms with van der Waals surface area (Å²) in [6.45, 7) is 6.53. The van der Waals surface area contributed by atoms with E-state index >= 15 is 0 Å². The lowest BCUT2D eigenvalue weighted by Gasteiger charge is -2.56. The van der Waals surface area contributed by atoms with Crippen LogP contribution in [-0.4, -0.2) is 47.8 Å². The molecule has 7 rings (SSSR count). The third-order valence-corrected chi connectivity index (χ3v) is 10.5. The average molecular weight is 605 g/mol. The molecule has 4 aliphatic rings. The Hall–Kier alpha value is -2.74. The van der Waals surface area contributed by atoms with Gasteiger partial charge in [-0.05, 0) is 136 Å². The van der Waals surface area contributed by atoms with Crippen LogP contribution in [0, 0.1) is 30.1 Å². The Bertz CT molecular complexity index is 1300. The van der Waals surface area contributed by atoms with E-state index in [2.05, 4.69) is 54.1 Å². The van der Waals surface area contributed by atoms with Crippen molar-refractivity contribution < 1.29 is 19.4 Å². The van der Waals surface area contributed by atoms with Gasteiger partial charge in [-0.2, -0.15) is 0 Å². The smallest absolute Gasteiger partial charge is 0.333 e. The number of benzene rings is 2. The van der Waals surface area contributed by atoms with Gasteiger partial charge in [0.05, 0.1) is 6.54 Å². The highest BCUT2D eigenvalue weighted by Gasteiger charge is 2.49. The van der Waals surface area contributed by atoms with Gasteiger partial charge in [0.15, 0.2) is 6.10 Å². The number of aryl methyl sites for hydroxylation is 1. The molecule has 0 unspecified atom stereocenters. The molecule has 1 heterocycles. The lowest BCUT2D eigenvalue weighted by Crippen LogP contribution is -2.49. The summed E-state index contributed by atoms with van der Waals surface area (Å²) in [5.74, 6) is 3.03. The molecule has 0 saturated heterocycles. The summed E-state index contributed by atoms with van der Waals surface area (Å²) in [7, 11) is 0. The lowest BCUT2D eigenvalue weighted by atomic mass is 9.50. The van der Waals surface area contributed by atoms with E-state index < -0.39 is 12.1 Å². The number of nitrogens with zero attached hydrogens (tertiary/aromatic N) is 1. The molecule has 4 aliphatic carbocycles. The molecule has 0 spiro atoms. The van der Waals surface area contributed by atoms with Crippen molar-refractivity contribution in [2.24, 2.45) is 28.9 Å². The minimum Gasteiger partial charge on any atom is -0.492 e. The Balaban J connectivity index is 0.000000251. The van der Waals surface area contributed by atoms with Crippen LogP contribution in [0.1, 0.15) is 56.7 Å². The van der Waals surface area contributed by atoms with Crippen LogP contribution in [0.5, 0.6) is 5.75 Å². The van der Waals surface area contributed by atoms with Gasteiger partial charge >= 0.3 is 5.97 Å². The molecule has 43 heavy (non-hydrogen) atoms. The first kappa shape index (κ1) is 31.7. The van der Waals surface area contributed by atoms with E-state index in [-0.39, 0.29) is 0 Å². The molecule has 4 bridgehead atoms. The topological polar surface area (TPSA) is 86.7 Å². The molecule has 3 aromatic rings. The Morgan fingerprint density at radius 2 is 1.63 bits per heavy atom. The number of aliphatic carboxylic acids is 1. The first-order chi connectivity index (χ1) is 20.8. The maximum Gasteiger partial charge on any atom is 0.333 e. The van der Waals surface area contributed by atoms with Crippen molar-refractivity contribution in [3.8, 4) is 17.0 Å². The fraction of sp³-hybridized carbons (Fsp3) is 0.528. The molecular formula is C36H48N2O4S. The van der Waals surface area contributed by atoms with Crippen molar-refractivity contribution >= 4 is 17.7 Å². The predicted octanol–water partition coefficient (Wildman–Crippen LogP) is 7.46. The Kier molecular flexibility index (Phi) is 10.6. The number of hydrogen-bond acceptors (Lipinski definition) is 5. The summed E-state index contributed by atoms with van der Waals surface area (Å²) >= 11 is 1.74. The zero-order valence-electron chi connectivity index (χ0n) is 26.0. The van der Waals surface area contributed by atoms with E-state index in [1.165, 1.54) is 60.4 Å². The normalized spacial score (nSPS) is 24.3. The Labute approximate surface area is 261 Å². The SMILES string of the molecule is CCO[C@@H](Cc1ccc(OCCn2c(C)ccc2-c2ccc(SC)cc2)cc1)C(=O)O.NCC12CC3CC(CC(C3)C1)C2. The summed E-state index contributed by atoms with van der Waals surface area (Å²) < 4.78 is 13.5. The van der Waals surface area contributed by atoms with Crippen molar-refractivity contribution in [2.75, 3.05) is 26.0 Å². The van der Waals surface area contributed by atoms with Gasteiger partial charge in [-0.1, -0.05) is 24.3 Å². The zero-order chi connectivity index (χ0) is 30.4. The summed E-state index contributed by atoms with van der Waals surface area (Å²) in [6, 6.07) is 20.4. The number of rotatable bonds is 12. The number of carboxylic acid groups (broad SMARTS) is 1. The van der Waals surface area contributed by atoms with E-state index in [1.807, 2.05) is 24.3 Å². The number of nitrogens with two attached hydrogens (primary N) is 1. The van der Waals surface area contributed by atoms with Crippen LogP contribution in [0.15, 0.2) is 65.6 Å². The molecule has 4 fully saturated rings. The number of hydrogen-bond donors (Lipinski definition) is 2. The van der Waals surface area contributed by atoms with Crippen LogP contribution in [0.3, 0.4) is 0 Å². The third kappa shape index (κ3) is 7.86. The maximum absolute atomic E-state index is 11.3. The largest absolute Gasteiger partial charge is 0.492 e. The summed E-state index contributed by atoms with van der Waals surface area (Å²) in [4.78, 5) is 12.5. The van der Waals surface area contributed by atoms with Gasteiger partial charge in [0.25, 0.3) is 0 Å². The highest BCUT2D eigenvalue weighted by Crippen LogP contribution is 2.59. The quantitative estimate of drug-likeness (QED) is 0.209. The molecule has 7 heteroatoms. The molecule has 3 N–H and O–H groups in total. The molecule has 4 saturated carbocycles. The van der Waals surface area contributed by atoms with Gasteiger partial charge in [0.2, 0.25) is 0 Å². The van der Waals surface area contributed by atoms with Crippen molar-refractivity contribution in [2.45, 2.75) is 76.3 Å². The van der Waals surface area contributed by atoms with Gasteiger partial charge in [0.1, 0.15) is 12.4 Å². The number of aromatic nitrogens is 1. The highest BCUT2D eigenvalue weighted by molar-refractivity contribution is 7.98. The van der Waals surface area contributed by atoms with E-state index in [0.717, 1.165) is 42.2 Å². The second-order valence-electron chi connectivity index (χ2n) is 12.8. The van der Waals surface area contributed by atoms with Crippen molar-refractivity contribution in [3.63, 3.8) is 0 Å². The van der Waals surface area contributed by atoms with Crippen LogP contribution in [0.4, 0.5) is 0 Å². The molecule has 232 valence electrons. The van der Waals surface area contributed by atoms with Gasteiger partial charge < -0.3 is 24.9 Å². The van der Waals surface area contributed by atoms with Gasteiger partial charge in [-0.3, -0.25) is 0 Å². The minimum atomic E-state index is -0.942. The van der Waals surface area contributed by atoms with E-state index in [9.17, 15) is 9.90 Å². The van der Waals surface area contributed by atoms with Gasteiger partial charge in [0, 0.05) is 29.3 Å². The Morgan fingerprint density at radius 3 is 2.16 bits per heavy atom. The molecular weight excluding hydrogens is 556 g/mol. The minimum absolute atomic E-state index is 0.338. The molecule has 0 amide bonds. The monoisotopic (exact) mass is 604 g/mol. The first-order valence-corrected chi connectivity index (χ1v) is 17.1. The second kappa shape index (κ2) is 14.4. The van der Waals surface area contributed by atoms with E-state index in [1.54, 1.807) is 18.7 Å². The third-order valence-electron chi connectivity index (χ3n) is 9.75. The molecule has 1 aromatic heterocycles. The van der Waals surface area contributed by atoms with Crippen LogP contribution >= 0.6 is 11.8 Å². The van der Waals surface area contributed by atoms with Gasteiger partial charge in [-0.25, -0.2) is 4.79 Å². The molecule has 0 radical (unpaired) electrons. The summed E-state index contributed by atoms with van der Waals surface area (Å²) in [5, 5.41) is 9.23. The highest BCUT2D eigenvalue weighted by atomic mass is 32.2. The first-order valence-electron chi connectivity index (χ1n) is 15.9. The summed E-state index contributed by atoms with van der Waals surface area (Å²) in [6.07, 6.45) is 10.6. The summed E-state index contributed by atoms with van der Waals surface area (Å²) in [5.41, 5.74) is 11.0. The Morgan fingerprint density at radius 1 is 1.00 bits per heavy atom. The van der Waals surface area contributed by atoms with Crippen molar-refractivity contribution in [3.05, 3.63) is 71.9 Å². The molecule has 1 atom stereocenters. The standard InChI is InChI=1S/C25H29NO4S.C11H19N/c1-4-29-24(25(27)28)17-19-6-10-21(11-7-19)30-16-15-26-18(2)5-14-23(26)20-8-12-22(31-3)13-9-20;12-7-11-4-8-1-9(5-11)3-10(2-8)6-11/h5-14,24H,4,15-17H2,1-3H3,(H,27,28);8-10H,1-7,12H2/t24-;/m0./s1.